The zero-order valence-corrected chi connectivity index (χ0v) is 16.5. The van der Waals surface area contributed by atoms with Crippen molar-refractivity contribution in [1.82, 2.24) is 4.90 Å². The van der Waals surface area contributed by atoms with Crippen LogP contribution in [0, 0.1) is 16.0 Å². The van der Waals surface area contributed by atoms with Crippen LogP contribution in [0.3, 0.4) is 0 Å². The molecule has 2 aromatic carbocycles. The summed E-state index contributed by atoms with van der Waals surface area (Å²) in [6.07, 6.45) is 5.35. The van der Waals surface area contributed by atoms with Crippen LogP contribution in [0.1, 0.15) is 39.9 Å². The van der Waals surface area contributed by atoms with E-state index in [4.69, 9.17) is 4.74 Å². The van der Waals surface area contributed by atoms with Crippen LogP contribution in [0.4, 0.5) is 11.4 Å². The Labute approximate surface area is 174 Å². The third-order valence-electron chi connectivity index (χ3n) is 6.39. The number of anilines is 1. The van der Waals surface area contributed by atoms with Crippen molar-refractivity contribution in [2.75, 3.05) is 31.6 Å². The summed E-state index contributed by atoms with van der Waals surface area (Å²) in [6.45, 7) is 2.32. The number of hydrogen-bond donors (Lipinski definition) is 1. The fraction of sp³-hybridized carbons (Fsp3) is 0.348. The lowest BCUT2D eigenvalue weighted by molar-refractivity contribution is -0.384. The van der Waals surface area contributed by atoms with Crippen LogP contribution >= 0.6 is 0 Å². The van der Waals surface area contributed by atoms with E-state index >= 15 is 0 Å². The summed E-state index contributed by atoms with van der Waals surface area (Å²) < 4.78 is 5.39. The molecule has 0 aromatic heterocycles. The average molecular weight is 405 g/mol. The highest BCUT2D eigenvalue weighted by Crippen LogP contribution is 2.50. The first-order valence-electron chi connectivity index (χ1n) is 10.3. The Balaban J connectivity index is 1.52. The number of rotatable bonds is 3. The Morgan fingerprint density at radius 2 is 1.90 bits per heavy atom. The molecule has 1 saturated heterocycles. The predicted molar refractivity (Wildman–Crippen MR) is 113 cm³/mol. The zero-order valence-electron chi connectivity index (χ0n) is 16.5. The summed E-state index contributed by atoms with van der Waals surface area (Å²) in [5, 5.41) is 14.7. The Bertz CT molecular complexity index is 1010. The fourth-order valence-corrected chi connectivity index (χ4v) is 4.87. The van der Waals surface area contributed by atoms with Gasteiger partial charge < -0.3 is 15.0 Å². The molecule has 30 heavy (non-hydrogen) atoms. The highest BCUT2D eigenvalue weighted by molar-refractivity contribution is 6.01. The number of non-ortho nitro benzene ring substituents is 1. The van der Waals surface area contributed by atoms with Crippen molar-refractivity contribution < 1.29 is 14.5 Å². The quantitative estimate of drug-likeness (QED) is 0.476. The van der Waals surface area contributed by atoms with Gasteiger partial charge in [-0.1, -0.05) is 36.4 Å². The summed E-state index contributed by atoms with van der Waals surface area (Å²) in [5.74, 6) is 0.553. The SMILES string of the molecule is O=C(c1cccc2c1N[C@H](c1ccc([N+](=O)[O-])cc1)[C@H]1CC=C[C@@H]21)N1CCOCC1. The first-order valence-corrected chi connectivity index (χ1v) is 10.3. The number of nitro benzene ring substituents is 1. The Morgan fingerprint density at radius 1 is 1.13 bits per heavy atom. The number of carbonyl (C=O) groups is 1. The van der Waals surface area contributed by atoms with Crippen molar-refractivity contribution in [1.29, 1.82) is 0 Å². The highest BCUT2D eigenvalue weighted by atomic mass is 16.6. The lowest BCUT2D eigenvalue weighted by Gasteiger charge is -2.39. The van der Waals surface area contributed by atoms with Crippen LogP contribution < -0.4 is 5.32 Å². The monoisotopic (exact) mass is 405 g/mol. The second-order valence-corrected chi connectivity index (χ2v) is 8.00. The van der Waals surface area contributed by atoms with Gasteiger partial charge >= 0.3 is 0 Å². The maximum atomic E-state index is 13.3. The van der Waals surface area contributed by atoms with E-state index in [2.05, 4.69) is 23.5 Å². The van der Waals surface area contributed by atoms with Gasteiger partial charge in [-0.25, -0.2) is 0 Å². The second kappa shape index (κ2) is 7.57. The van der Waals surface area contributed by atoms with E-state index in [9.17, 15) is 14.9 Å². The molecule has 7 heteroatoms. The molecule has 1 aliphatic carbocycles. The van der Waals surface area contributed by atoms with Crippen LogP contribution in [0.15, 0.2) is 54.6 Å². The van der Waals surface area contributed by atoms with Crippen LogP contribution in [-0.4, -0.2) is 42.0 Å². The predicted octanol–water partition coefficient (Wildman–Crippen LogP) is 3.89. The molecule has 2 heterocycles. The Kier molecular flexibility index (Phi) is 4.75. The normalized spacial score (nSPS) is 24.7. The van der Waals surface area contributed by atoms with Crippen LogP contribution in [0.2, 0.25) is 0 Å². The van der Waals surface area contributed by atoms with E-state index < -0.39 is 0 Å². The number of ether oxygens (including phenoxy) is 1. The number of fused-ring (bicyclic) bond motifs is 3. The lowest BCUT2D eigenvalue weighted by atomic mass is 9.76. The van der Waals surface area contributed by atoms with Gasteiger partial charge in [0.15, 0.2) is 0 Å². The van der Waals surface area contributed by atoms with Gasteiger partial charge in [0.25, 0.3) is 11.6 Å². The summed E-state index contributed by atoms with van der Waals surface area (Å²) in [5.41, 5.74) is 3.79. The van der Waals surface area contributed by atoms with Gasteiger partial charge in [-0.05, 0) is 29.5 Å². The van der Waals surface area contributed by atoms with Gasteiger partial charge in [-0.15, -0.1) is 0 Å². The maximum Gasteiger partial charge on any atom is 0.269 e. The molecule has 0 spiro atoms. The minimum atomic E-state index is -0.383. The molecule has 1 amide bonds. The molecule has 1 N–H and O–H groups in total. The van der Waals surface area contributed by atoms with Crippen molar-refractivity contribution in [2.45, 2.75) is 18.4 Å². The van der Waals surface area contributed by atoms with Gasteiger partial charge in [0.2, 0.25) is 0 Å². The minimum Gasteiger partial charge on any atom is -0.378 e. The topological polar surface area (TPSA) is 84.7 Å². The molecule has 3 aliphatic rings. The molecule has 2 aromatic rings. The number of nitro groups is 1. The lowest BCUT2D eigenvalue weighted by Crippen LogP contribution is -2.41. The van der Waals surface area contributed by atoms with E-state index in [1.54, 1.807) is 12.1 Å². The van der Waals surface area contributed by atoms with E-state index in [0.29, 0.717) is 37.8 Å². The fourth-order valence-electron chi connectivity index (χ4n) is 4.87. The average Bonchev–Trinajstić information content (AvgIpc) is 3.28. The standard InChI is InChI=1S/C23H23N3O4/c27-23(25-11-13-30-14-12-25)20-6-2-5-19-17-3-1-4-18(17)21(24-22(19)20)15-7-9-16(10-8-15)26(28)29/h1-3,5-10,17-18,21,24H,4,11-14H2/t17-,18+,21-/m1/s1. The molecular weight excluding hydrogens is 382 g/mol. The van der Waals surface area contributed by atoms with Crippen molar-refractivity contribution >= 4 is 17.3 Å². The van der Waals surface area contributed by atoms with E-state index in [1.807, 2.05) is 29.2 Å². The highest BCUT2D eigenvalue weighted by Gasteiger charge is 2.39. The van der Waals surface area contributed by atoms with Crippen molar-refractivity contribution in [2.24, 2.45) is 5.92 Å². The first kappa shape index (κ1) is 18.8. The van der Waals surface area contributed by atoms with Gasteiger partial charge in [0, 0.05) is 31.1 Å². The number of amides is 1. The number of hydrogen-bond acceptors (Lipinski definition) is 5. The number of nitrogens with one attached hydrogen (secondary N) is 1. The van der Waals surface area contributed by atoms with Gasteiger partial charge in [0.1, 0.15) is 0 Å². The number of para-hydroxylation sites is 1. The third kappa shape index (κ3) is 3.15. The Hall–Kier alpha value is -3.19. The molecule has 0 radical (unpaired) electrons. The van der Waals surface area contributed by atoms with Crippen molar-refractivity contribution in [3.05, 3.63) is 81.4 Å². The van der Waals surface area contributed by atoms with Crippen LogP contribution in [0.25, 0.3) is 0 Å². The Morgan fingerprint density at radius 3 is 2.63 bits per heavy atom. The molecule has 0 unspecified atom stereocenters. The molecule has 0 saturated carbocycles. The van der Waals surface area contributed by atoms with Crippen molar-refractivity contribution in [3.63, 3.8) is 0 Å². The number of nitrogens with zero attached hydrogens (tertiary/aromatic N) is 2. The van der Waals surface area contributed by atoms with Crippen LogP contribution in [-0.2, 0) is 4.74 Å². The molecular formula is C23H23N3O4. The molecule has 2 aliphatic heterocycles. The first-order chi connectivity index (χ1) is 14.6. The van der Waals surface area contributed by atoms with Crippen LogP contribution in [0.5, 0.6) is 0 Å². The molecule has 1 fully saturated rings. The summed E-state index contributed by atoms with van der Waals surface area (Å²) in [6, 6.07) is 12.7. The van der Waals surface area contributed by atoms with Crippen molar-refractivity contribution in [3.8, 4) is 0 Å². The molecule has 154 valence electrons. The van der Waals surface area contributed by atoms with E-state index in [0.717, 1.165) is 23.2 Å². The number of morpholine rings is 1. The largest absolute Gasteiger partial charge is 0.378 e. The molecule has 3 atom stereocenters. The minimum absolute atomic E-state index is 0.0167. The molecule has 0 bridgehead atoms. The number of carbonyl (C=O) groups excluding carboxylic acids is 1. The number of benzene rings is 2. The number of allylic oxidation sites excluding steroid dienone is 2. The summed E-state index contributed by atoms with van der Waals surface area (Å²) >= 11 is 0. The third-order valence-corrected chi connectivity index (χ3v) is 6.39. The van der Waals surface area contributed by atoms with Gasteiger partial charge in [-0.2, -0.15) is 0 Å². The van der Waals surface area contributed by atoms with Gasteiger partial charge in [-0.3, -0.25) is 14.9 Å². The molecule has 5 rings (SSSR count). The second-order valence-electron chi connectivity index (χ2n) is 8.00. The van der Waals surface area contributed by atoms with E-state index in [1.165, 1.54) is 0 Å². The zero-order chi connectivity index (χ0) is 20.7. The summed E-state index contributed by atoms with van der Waals surface area (Å²) in [4.78, 5) is 25.8. The maximum absolute atomic E-state index is 13.3. The smallest absolute Gasteiger partial charge is 0.269 e. The van der Waals surface area contributed by atoms with Gasteiger partial charge in [0.05, 0.1) is 35.4 Å². The van der Waals surface area contributed by atoms with E-state index in [-0.39, 0.29) is 28.5 Å². The molecule has 7 nitrogen and oxygen atoms in total. The summed E-state index contributed by atoms with van der Waals surface area (Å²) in [7, 11) is 0.